The molecule has 1 saturated heterocycles. The Hall–Kier alpha value is -1.07. The van der Waals surface area contributed by atoms with Gasteiger partial charge in [-0.1, -0.05) is 22.0 Å². The summed E-state index contributed by atoms with van der Waals surface area (Å²) in [6, 6.07) is 6.25. The minimum atomic E-state index is -0.739. The van der Waals surface area contributed by atoms with Gasteiger partial charge in [0.1, 0.15) is 0 Å². The monoisotopic (exact) mass is 326 g/mol. The molecule has 0 bridgehead atoms. The van der Waals surface area contributed by atoms with Crippen LogP contribution in [0.3, 0.4) is 0 Å². The van der Waals surface area contributed by atoms with E-state index in [0.29, 0.717) is 0 Å². The van der Waals surface area contributed by atoms with Gasteiger partial charge in [0, 0.05) is 29.8 Å². The van der Waals surface area contributed by atoms with Crippen LogP contribution >= 0.6 is 15.9 Å². The van der Waals surface area contributed by atoms with Crippen LogP contribution in [0.1, 0.15) is 12.0 Å². The Labute approximate surface area is 122 Å². The number of likely N-dealkylation sites (N-methyl/N-ethyl adjacent to an activating group) is 1. The van der Waals surface area contributed by atoms with Crippen molar-refractivity contribution in [3.8, 4) is 0 Å². The van der Waals surface area contributed by atoms with Crippen molar-refractivity contribution in [2.45, 2.75) is 19.4 Å². The molecular weight excluding hydrogens is 308 g/mol. The van der Waals surface area contributed by atoms with E-state index in [1.54, 1.807) is 0 Å². The van der Waals surface area contributed by atoms with Crippen molar-refractivity contribution < 1.29 is 9.90 Å². The van der Waals surface area contributed by atoms with E-state index in [9.17, 15) is 4.79 Å². The summed E-state index contributed by atoms with van der Waals surface area (Å²) in [5.74, 6) is -0.739. The predicted molar refractivity (Wildman–Crippen MR) is 79.8 cm³/mol. The lowest BCUT2D eigenvalue weighted by molar-refractivity contribution is -0.137. The van der Waals surface area contributed by atoms with Crippen molar-refractivity contribution in [3.05, 3.63) is 28.2 Å². The highest BCUT2D eigenvalue weighted by Crippen LogP contribution is 2.27. The highest BCUT2D eigenvalue weighted by atomic mass is 79.9. The van der Waals surface area contributed by atoms with Gasteiger partial charge >= 0.3 is 5.97 Å². The molecule has 2 rings (SSSR count). The van der Waals surface area contributed by atoms with Gasteiger partial charge in [0.15, 0.2) is 0 Å². The zero-order valence-electron chi connectivity index (χ0n) is 11.3. The van der Waals surface area contributed by atoms with E-state index in [1.807, 2.05) is 14.0 Å². The fourth-order valence-corrected chi connectivity index (χ4v) is 2.85. The van der Waals surface area contributed by atoms with E-state index in [0.717, 1.165) is 29.8 Å². The topological polar surface area (TPSA) is 43.8 Å². The summed E-state index contributed by atoms with van der Waals surface area (Å²) in [6.45, 7) is 4.66. The molecule has 1 aromatic rings. The van der Waals surface area contributed by atoms with E-state index in [-0.39, 0.29) is 12.5 Å². The number of carbonyl (C=O) groups is 1. The Morgan fingerprint density at radius 3 is 2.84 bits per heavy atom. The predicted octanol–water partition coefficient (Wildman–Crippen LogP) is 2.35. The molecule has 1 unspecified atom stereocenters. The van der Waals surface area contributed by atoms with Crippen molar-refractivity contribution in [2.75, 3.05) is 31.6 Å². The van der Waals surface area contributed by atoms with Crippen LogP contribution in [0, 0.1) is 6.92 Å². The normalized spacial score (nSPS) is 20.6. The zero-order chi connectivity index (χ0) is 14.0. The quantitative estimate of drug-likeness (QED) is 0.926. The summed E-state index contributed by atoms with van der Waals surface area (Å²) in [5, 5.41) is 9.06. The molecule has 5 heteroatoms. The fraction of sp³-hybridized carbons (Fsp3) is 0.500. The van der Waals surface area contributed by atoms with Gasteiger partial charge in [0.2, 0.25) is 0 Å². The van der Waals surface area contributed by atoms with Gasteiger partial charge < -0.3 is 14.9 Å². The number of anilines is 1. The molecule has 0 spiro atoms. The maximum atomic E-state index is 11.0. The van der Waals surface area contributed by atoms with Gasteiger partial charge in [0.25, 0.3) is 0 Å². The molecule has 1 aliphatic heterocycles. The molecule has 19 heavy (non-hydrogen) atoms. The molecule has 4 nitrogen and oxygen atoms in total. The number of hydrogen-bond donors (Lipinski definition) is 1. The second-order valence-electron chi connectivity index (χ2n) is 5.14. The fourth-order valence-electron chi connectivity index (χ4n) is 2.49. The third-order valence-electron chi connectivity index (χ3n) is 3.58. The van der Waals surface area contributed by atoms with Crippen LogP contribution in [-0.2, 0) is 4.79 Å². The SMILES string of the molecule is Cc1ccc(N2CCN(C)CC2CC(=O)O)cc1Br. The third-order valence-corrected chi connectivity index (χ3v) is 4.44. The molecule has 1 heterocycles. The number of benzene rings is 1. The molecular formula is C14H19BrN2O2. The average Bonchev–Trinajstić information content (AvgIpc) is 2.32. The van der Waals surface area contributed by atoms with Gasteiger partial charge in [-0.2, -0.15) is 0 Å². The van der Waals surface area contributed by atoms with E-state index >= 15 is 0 Å². The molecule has 1 atom stereocenters. The molecule has 104 valence electrons. The molecule has 0 saturated carbocycles. The number of aliphatic carboxylic acids is 1. The summed E-state index contributed by atoms with van der Waals surface area (Å²) in [7, 11) is 2.04. The lowest BCUT2D eigenvalue weighted by Crippen LogP contribution is -2.52. The third kappa shape index (κ3) is 3.48. The zero-order valence-corrected chi connectivity index (χ0v) is 12.9. The summed E-state index contributed by atoms with van der Waals surface area (Å²) in [4.78, 5) is 15.4. The van der Waals surface area contributed by atoms with E-state index in [4.69, 9.17) is 5.11 Å². The van der Waals surface area contributed by atoms with E-state index in [2.05, 4.69) is 43.9 Å². The first-order valence-corrected chi connectivity index (χ1v) is 7.20. The van der Waals surface area contributed by atoms with Crippen LogP contribution < -0.4 is 4.90 Å². The Bertz CT molecular complexity index is 479. The van der Waals surface area contributed by atoms with Crippen molar-refractivity contribution in [2.24, 2.45) is 0 Å². The smallest absolute Gasteiger partial charge is 0.305 e. The summed E-state index contributed by atoms with van der Waals surface area (Å²) >= 11 is 3.54. The molecule has 1 fully saturated rings. The van der Waals surface area contributed by atoms with Crippen LogP contribution in [0.4, 0.5) is 5.69 Å². The van der Waals surface area contributed by atoms with Crippen molar-refractivity contribution >= 4 is 27.6 Å². The van der Waals surface area contributed by atoms with Crippen LogP contribution in [0.15, 0.2) is 22.7 Å². The highest BCUT2D eigenvalue weighted by molar-refractivity contribution is 9.10. The van der Waals surface area contributed by atoms with Gasteiger partial charge in [-0.05, 0) is 31.7 Å². The molecule has 0 radical (unpaired) electrons. The molecule has 1 aliphatic rings. The number of hydrogen-bond acceptors (Lipinski definition) is 3. The first kappa shape index (κ1) is 14.3. The molecule has 0 aliphatic carbocycles. The lowest BCUT2D eigenvalue weighted by atomic mass is 10.1. The van der Waals surface area contributed by atoms with Crippen molar-refractivity contribution in [1.82, 2.24) is 4.90 Å². The Kier molecular flexibility index (Phi) is 4.47. The number of nitrogens with zero attached hydrogens (tertiary/aromatic N) is 2. The summed E-state index contributed by atoms with van der Waals surface area (Å²) in [6.07, 6.45) is 0.176. The number of rotatable bonds is 3. The standard InChI is InChI=1S/C14H19BrN2O2/c1-10-3-4-11(7-13(10)15)17-6-5-16(2)9-12(17)8-14(18)19/h3-4,7,12H,5-6,8-9H2,1-2H3,(H,18,19). The van der Waals surface area contributed by atoms with Gasteiger partial charge in [-0.25, -0.2) is 0 Å². The first-order chi connectivity index (χ1) is 8.97. The molecule has 0 amide bonds. The first-order valence-electron chi connectivity index (χ1n) is 6.40. The number of carboxylic acid groups (broad SMARTS) is 1. The molecule has 1 aromatic carbocycles. The number of carboxylic acids is 1. The Morgan fingerprint density at radius 2 is 2.21 bits per heavy atom. The van der Waals surface area contributed by atoms with Crippen LogP contribution in [0.2, 0.25) is 0 Å². The lowest BCUT2D eigenvalue weighted by Gasteiger charge is -2.41. The van der Waals surface area contributed by atoms with Crippen LogP contribution in [0.5, 0.6) is 0 Å². The minimum absolute atomic E-state index is 0.0332. The Morgan fingerprint density at radius 1 is 1.47 bits per heavy atom. The van der Waals surface area contributed by atoms with E-state index in [1.165, 1.54) is 5.56 Å². The number of piperazine rings is 1. The van der Waals surface area contributed by atoms with Crippen molar-refractivity contribution in [3.63, 3.8) is 0 Å². The second kappa shape index (κ2) is 5.92. The highest BCUT2D eigenvalue weighted by Gasteiger charge is 2.27. The Balaban J connectivity index is 2.23. The maximum Gasteiger partial charge on any atom is 0.305 e. The average molecular weight is 327 g/mol. The van der Waals surface area contributed by atoms with Gasteiger partial charge in [-0.3, -0.25) is 4.79 Å². The van der Waals surface area contributed by atoms with Crippen LogP contribution in [-0.4, -0.2) is 48.7 Å². The number of halogens is 1. The van der Waals surface area contributed by atoms with E-state index < -0.39 is 5.97 Å². The summed E-state index contributed by atoms with van der Waals surface area (Å²) < 4.78 is 1.07. The number of aryl methyl sites for hydroxylation is 1. The van der Waals surface area contributed by atoms with Gasteiger partial charge in [-0.15, -0.1) is 0 Å². The molecule has 1 N–H and O–H groups in total. The maximum absolute atomic E-state index is 11.0. The van der Waals surface area contributed by atoms with Gasteiger partial charge in [0.05, 0.1) is 12.5 Å². The second-order valence-corrected chi connectivity index (χ2v) is 6.00. The largest absolute Gasteiger partial charge is 0.481 e. The minimum Gasteiger partial charge on any atom is -0.481 e. The van der Waals surface area contributed by atoms with Crippen molar-refractivity contribution in [1.29, 1.82) is 0 Å². The van der Waals surface area contributed by atoms with Crippen LogP contribution in [0.25, 0.3) is 0 Å². The molecule has 0 aromatic heterocycles. The summed E-state index contributed by atoms with van der Waals surface area (Å²) in [5.41, 5.74) is 2.28.